The Bertz CT molecular complexity index is 465. The van der Waals surface area contributed by atoms with Crippen LogP contribution in [-0.4, -0.2) is 35.2 Å². The van der Waals surface area contributed by atoms with E-state index < -0.39 is 10.0 Å². The molecule has 0 amide bonds. The van der Waals surface area contributed by atoms with Gasteiger partial charge in [-0.2, -0.15) is 0 Å². The van der Waals surface area contributed by atoms with Crippen molar-refractivity contribution in [3.63, 3.8) is 0 Å². The van der Waals surface area contributed by atoms with Gasteiger partial charge in [-0.05, 0) is 19.5 Å². The summed E-state index contributed by atoms with van der Waals surface area (Å²) in [7, 11) is -0.0374. The van der Waals surface area contributed by atoms with Crippen molar-refractivity contribution >= 4 is 21.4 Å². The first-order chi connectivity index (χ1) is 9.03. The number of sulfonamides is 1. The summed E-state index contributed by atoms with van der Waals surface area (Å²) in [6, 6.07) is 1.53. The molecule has 0 saturated carbocycles. The zero-order chi connectivity index (χ0) is 14.3. The number of nitrogens with one attached hydrogen (secondary N) is 2. The molecule has 110 valence electrons. The highest BCUT2D eigenvalue weighted by atomic mass is 32.2. The lowest BCUT2D eigenvalue weighted by molar-refractivity contribution is 0.171. The van der Waals surface area contributed by atoms with Gasteiger partial charge in [0.05, 0.1) is 11.5 Å². The molecule has 0 aromatic carbocycles. The molecule has 0 radical (unpaired) electrons. The van der Waals surface area contributed by atoms with E-state index in [2.05, 4.69) is 10.0 Å². The van der Waals surface area contributed by atoms with Gasteiger partial charge in [0.1, 0.15) is 0 Å². The minimum Gasteiger partial charge on any atom is -0.383 e. The number of rotatable bonds is 9. The molecule has 0 spiro atoms. The number of hydrogen-bond donors (Lipinski definition) is 2. The molecule has 0 aliphatic carbocycles. The maximum Gasteiger partial charge on any atom is 0.241 e. The monoisotopic (exact) mass is 306 g/mol. The molecule has 0 fully saturated rings. The predicted octanol–water partition coefficient (Wildman–Crippen LogP) is 1.56. The molecule has 0 aliphatic rings. The highest BCUT2D eigenvalue weighted by molar-refractivity contribution is 7.89. The molecule has 1 atom stereocenters. The molecule has 1 aromatic rings. The second kappa shape index (κ2) is 7.96. The summed E-state index contributed by atoms with van der Waals surface area (Å²) in [4.78, 5) is 1.33. The summed E-state index contributed by atoms with van der Waals surface area (Å²) >= 11 is 1.44. The van der Waals surface area contributed by atoms with Gasteiger partial charge in [-0.3, -0.25) is 0 Å². The smallest absolute Gasteiger partial charge is 0.241 e. The zero-order valence-corrected chi connectivity index (χ0v) is 13.2. The van der Waals surface area contributed by atoms with Crippen LogP contribution < -0.4 is 10.0 Å². The summed E-state index contributed by atoms with van der Waals surface area (Å²) in [5.74, 6) is 0. The predicted molar refractivity (Wildman–Crippen MR) is 78.0 cm³/mol. The minimum atomic E-state index is -3.45. The first-order valence-corrected chi connectivity index (χ1v) is 8.63. The average molecular weight is 306 g/mol. The maximum absolute atomic E-state index is 12.2. The first-order valence-electron chi connectivity index (χ1n) is 6.26. The minimum absolute atomic E-state index is 0.173. The van der Waals surface area contributed by atoms with Crippen LogP contribution in [0.15, 0.2) is 16.3 Å². The van der Waals surface area contributed by atoms with Gasteiger partial charge in [-0.1, -0.05) is 13.3 Å². The Labute approximate surface area is 119 Å². The summed E-state index contributed by atoms with van der Waals surface area (Å²) in [6.45, 7) is 3.09. The Kier molecular flexibility index (Phi) is 6.95. The normalized spacial score (nSPS) is 13.6. The molecule has 2 N–H and O–H groups in total. The van der Waals surface area contributed by atoms with E-state index in [4.69, 9.17) is 4.74 Å². The molecule has 5 nitrogen and oxygen atoms in total. The zero-order valence-electron chi connectivity index (χ0n) is 11.6. The van der Waals surface area contributed by atoms with Gasteiger partial charge in [0, 0.05) is 30.0 Å². The fraction of sp³-hybridized carbons (Fsp3) is 0.667. The SMILES string of the molecule is CCCC(COC)NS(=O)(=O)c1csc(CNC)c1. The molecule has 1 unspecified atom stereocenters. The second-order valence-corrected chi connectivity index (χ2v) is 7.05. The third kappa shape index (κ3) is 5.19. The van der Waals surface area contributed by atoms with Crippen LogP contribution >= 0.6 is 11.3 Å². The van der Waals surface area contributed by atoms with Crippen LogP contribution in [-0.2, 0) is 21.3 Å². The first kappa shape index (κ1) is 16.6. The van der Waals surface area contributed by atoms with E-state index in [0.717, 1.165) is 17.7 Å². The van der Waals surface area contributed by atoms with Crippen molar-refractivity contribution < 1.29 is 13.2 Å². The van der Waals surface area contributed by atoms with Gasteiger partial charge in [0.2, 0.25) is 10.0 Å². The number of methoxy groups -OCH3 is 1. The lowest BCUT2D eigenvalue weighted by Crippen LogP contribution is -2.37. The Morgan fingerprint density at radius 3 is 2.79 bits per heavy atom. The van der Waals surface area contributed by atoms with Crippen LogP contribution in [0.1, 0.15) is 24.6 Å². The van der Waals surface area contributed by atoms with Crippen LogP contribution in [0.25, 0.3) is 0 Å². The molecule has 1 heterocycles. The Hall–Kier alpha value is -0.470. The lowest BCUT2D eigenvalue weighted by Gasteiger charge is -2.16. The second-order valence-electron chi connectivity index (χ2n) is 4.34. The molecule has 7 heteroatoms. The molecule has 0 bridgehead atoms. The van der Waals surface area contributed by atoms with Crippen LogP contribution in [0, 0.1) is 0 Å². The Morgan fingerprint density at radius 1 is 1.47 bits per heavy atom. The van der Waals surface area contributed by atoms with Crippen LogP contribution in [0.4, 0.5) is 0 Å². The average Bonchev–Trinajstić information content (AvgIpc) is 2.79. The fourth-order valence-electron chi connectivity index (χ4n) is 1.78. The summed E-state index contributed by atoms with van der Waals surface area (Å²) in [5.41, 5.74) is 0. The number of thiophene rings is 1. The maximum atomic E-state index is 12.2. The number of hydrogen-bond acceptors (Lipinski definition) is 5. The Balaban J connectivity index is 2.77. The third-order valence-electron chi connectivity index (χ3n) is 2.62. The van der Waals surface area contributed by atoms with Gasteiger partial charge in [-0.25, -0.2) is 13.1 Å². The van der Waals surface area contributed by atoms with Gasteiger partial charge < -0.3 is 10.1 Å². The quantitative estimate of drug-likeness (QED) is 0.726. The molecule has 1 rings (SSSR count). The topological polar surface area (TPSA) is 67.4 Å². The number of ether oxygens (including phenoxy) is 1. The van der Waals surface area contributed by atoms with Crippen LogP contribution in [0.2, 0.25) is 0 Å². The van der Waals surface area contributed by atoms with Gasteiger partial charge in [-0.15, -0.1) is 11.3 Å². The van der Waals surface area contributed by atoms with Crippen molar-refractivity contribution in [3.8, 4) is 0 Å². The van der Waals surface area contributed by atoms with Crippen molar-refractivity contribution in [1.29, 1.82) is 0 Å². The Morgan fingerprint density at radius 2 is 2.21 bits per heavy atom. The highest BCUT2D eigenvalue weighted by Crippen LogP contribution is 2.19. The molecule has 19 heavy (non-hydrogen) atoms. The summed E-state index contributed by atoms with van der Waals surface area (Å²) < 4.78 is 32.2. The van der Waals surface area contributed by atoms with E-state index >= 15 is 0 Å². The van der Waals surface area contributed by atoms with E-state index in [1.165, 1.54) is 11.3 Å². The standard InChI is InChI=1S/C12H22N2O3S2/c1-4-5-10(8-17-3)14-19(15,16)12-6-11(7-13-2)18-9-12/h6,9-10,13-14H,4-5,7-8H2,1-3H3. The van der Waals surface area contributed by atoms with Crippen molar-refractivity contribution in [2.45, 2.75) is 37.2 Å². The summed E-state index contributed by atoms with van der Waals surface area (Å²) in [5, 5.41) is 4.68. The van der Waals surface area contributed by atoms with Crippen molar-refractivity contribution in [3.05, 3.63) is 16.3 Å². The largest absolute Gasteiger partial charge is 0.383 e. The molecule has 1 aromatic heterocycles. The van der Waals surface area contributed by atoms with Crippen molar-refractivity contribution in [1.82, 2.24) is 10.0 Å². The van der Waals surface area contributed by atoms with Crippen LogP contribution in [0.5, 0.6) is 0 Å². The van der Waals surface area contributed by atoms with E-state index in [1.807, 2.05) is 14.0 Å². The van der Waals surface area contributed by atoms with E-state index in [1.54, 1.807) is 18.6 Å². The van der Waals surface area contributed by atoms with Gasteiger partial charge in [0.25, 0.3) is 0 Å². The van der Waals surface area contributed by atoms with Gasteiger partial charge in [0.15, 0.2) is 0 Å². The molecule has 0 aliphatic heterocycles. The van der Waals surface area contributed by atoms with Crippen molar-refractivity contribution in [2.24, 2.45) is 0 Å². The fourth-order valence-corrected chi connectivity index (χ4v) is 4.32. The molecular formula is C12H22N2O3S2. The molecule has 0 saturated heterocycles. The van der Waals surface area contributed by atoms with Crippen LogP contribution in [0.3, 0.4) is 0 Å². The van der Waals surface area contributed by atoms with Gasteiger partial charge >= 0.3 is 0 Å². The van der Waals surface area contributed by atoms with E-state index in [-0.39, 0.29) is 6.04 Å². The lowest BCUT2D eigenvalue weighted by atomic mass is 10.2. The van der Waals surface area contributed by atoms with E-state index in [0.29, 0.717) is 18.0 Å². The van der Waals surface area contributed by atoms with E-state index in [9.17, 15) is 8.42 Å². The highest BCUT2D eigenvalue weighted by Gasteiger charge is 2.20. The summed E-state index contributed by atoms with van der Waals surface area (Å²) in [6.07, 6.45) is 1.67. The third-order valence-corrected chi connectivity index (χ3v) is 5.20. The van der Waals surface area contributed by atoms with Crippen molar-refractivity contribution in [2.75, 3.05) is 20.8 Å². The molecular weight excluding hydrogens is 284 g/mol.